The van der Waals surface area contributed by atoms with E-state index >= 15 is 0 Å². The lowest BCUT2D eigenvalue weighted by molar-refractivity contribution is 0.178. The van der Waals surface area contributed by atoms with Crippen LogP contribution in [0.3, 0.4) is 0 Å². The van der Waals surface area contributed by atoms with Gasteiger partial charge in [0, 0.05) is 28.3 Å². The van der Waals surface area contributed by atoms with Gasteiger partial charge in [0.2, 0.25) is 0 Å². The summed E-state index contributed by atoms with van der Waals surface area (Å²) >= 11 is 9.42. The quantitative estimate of drug-likeness (QED) is 0.936. The van der Waals surface area contributed by atoms with Crippen molar-refractivity contribution < 1.29 is 5.11 Å². The van der Waals surface area contributed by atoms with E-state index in [1.54, 1.807) is 18.5 Å². The van der Waals surface area contributed by atoms with Gasteiger partial charge in [0.1, 0.15) is 0 Å². The highest BCUT2D eigenvalue weighted by Crippen LogP contribution is 2.28. The van der Waals surface area contributed by atoms with Gasteiger partial charge in [0.05, 0.1) is 6.10 Å². The molecule has 2 nitrogen and oxygen atoms in total. The molecule has 1 aromatic carbocycles. The predicted molar refractivity (Wildman–Crippen MR) is 72.1 cm³/mol. The Balaban J connectivity index is 2.17. The maximum atomic E-state index is 10.1. The van der Waals surface area contributed by atoms with E-state index in [-0.39, 0.29) is 0 Å². The van der Waals surface area contributed by atoms with Crippen molar-refractivity contribution in [3.63, 3.8) is 0 Å². The summed E-state index contributed by atoms with van der Waals surface area (Å²) in [5.41, 5.74) is 1.72. The number of aliphatic hydroxyl groups excluding tert-OH is 1. The maximum Gasteiger partial charge on any atom is 0.0845 e. The summed E-state index contributed by atoms with van der Waals surface area (Å²) in [6.07, 6.45) is 3.35. The first-order chi connectivity index (χ1) is 8.16. The number of aromatic nitrogens is 1. The van der Waals surface area contributed by atoms with Crippen LogP contribution >= 0.6 is 27.5 Å². The number of benzene rings is 1. The van der Waals surface area contributed by atoms with Crippen molar-refractivity contribution in [2.45, 2.75) is 12.5 Å². The summed E-state index contributed by atoms with van der Waals surface area (Å²) in [5, 5.41) is 10.7. The van der Waals surface area contributed by atoms with Gasteiger partial charge in [-0.15, -0.1) is 0 Å². The van der Waals surface area contributed by atoms with Crippen LogP contribution in [-0.4, -0.2) is 10.1 Å². The summed E-state index contributed by atoms with van der Waals surface area (Å²) in [7, 11) is 0. The van der Waals surface area contributed by atoms with Crippen molar-refractivity contribution in [1.29, 1.82) is 0 Å². The van der Waals surface area contributed by atoms with Gasteiger partial charge in [-0.25, -0.2) is 0 Å². The summed E-state index contributed by atoms with van der Waals surface area (Å²) in [6.45, 7) is 0. The molecule has 0 aliphatic rings. The Hall–Kier alpha value is -0.900. The minimum Gasteiger partial charge on any atom is -0.388 e. The van der Waals surface area contributed by atoms with Gasteiger partial charge in [-0.3, -0.25) is 4.98 Å². The van der Waals surface area contributed by atoms with Crippen LogP contribution in [0.1, 0.15) is 17.2 Å². The fraction of sp³-hybridized carbons (Fsp3) is 0.154. The van der Waals surface area contributed by atoms with Gasteiger partial charge in [-0.2, -0.15) is 0 Å². The molecule has 4 heteroatoms. The number of aliphatic hydroxyl groups is 1. The molecule has 88 valence electrons. The van der Waals surface area contributed by atoms with Crippen molar-refractivity contribution in [2.24, 2.45) is 0 Å². The predicted octanol–water partition coefficient (Wildman–Crippen LogP) is 3.77. The summed E-state index contributed by atoms with van der Waals surface area (Å²) in [5.74, 6) is 0. The lowest BCUT2D eigenvalue weighted by Gasteiger charge is -2.12. The van der Waals surface area contributed by atoms with Gasteiger partial charge in [0.25, 0.3) is 0 Å². The smallest absolute Gasteiger partial charge is 0.0845 e. The second-order valence-corrected chi connectivity index (χ2v) is 5.07. The average Bonchev–Trinajstić information content (AvgIpc) is 2.30. The summed E-state index contributed by atoms with van der Waals surface area (Å²) in [4.78, 5) is 4.02. The molecular formula is C13H11BrClNO. The Morgan fingerprint density at radius 2 is 2.18 bits per heavy atom. The molecule has 0 saturated heterocycles. The van der Waals surface area contributed by atoms with E-state index in [1.165, 1.54) is 0 Å². The standard InChI is InChI=1S/C13H11BrClNO/c14-10-3-4-11(12(15)7-10)13(17)6-9-2-1-5-16-8-9/h1-5,7-8,13,17H,6H2. The second kappa shape index (κ2) is 5.63. The largest absolute Gasteiger partial charge is 0.388 e. The molecule has 2 rings (SSSR count). The van der Waals surface area contributed by atoms with Crippen LogP contribution in [0.4, 0.5) is 0 Å². The Labute approximate surface area is 113 Å². The van der Waals surface area contributed by atoms with Crippen LogP contribution in [0.5, 0.6) is 0 Å². The Kier molecular flexibility index (Phi) is 4.15. The van der Waals surface area contributed by atoms with E-state index in [0.29, 0.717) is 11.4 Å². The van der Waals surface area contributed by atoms with Gasteiger partial charge < -0.3 is 5.11 Å². The molecule has 17 heavy (non-hydrogen) atoms. The zero-order chi connectivity index (χ0) is 12.3. The van der Waals surface area contributed by atoms with Gasteiger partial charge >= 0.3 is 0 Å². The average molecular weight is 313 g/mol. The highest BCUT2D eigenvalue weighted by atomic mass is 79.9. The molecule has 1 aromatic heterocycles. The molecule has 1 atom stereocenters. The van der Waals surface area contributed by atoms with E-state index in [0.717, 1.165) is 15.6 Å². The highest BCUT2D eigenvalue weighted by molar-refractivity contribution is 9.10. The first-order valence-corrected chi connectivity index (χ1v) is 6.36. The molecule has 2 aromatic rings. The van der Waals surface area contributed by atoms with E-state index < -0.39 is 6.10 Å². The topological polar surface area (TPSA) is 33.1 Å². The molecule has 0 radical (unpaired) electrons. The molecule has 0 aliphatic heterocycles. The Morgan fingerprint density at radius 3 is 2.82 bits per heavy atom. The van der Waals surface area contributed by atoms with Crippen LogP contribution in [0, 0.1) is 0 Å². The third-order valence-electron chi connectivity index (χ3n) is 2.47. The second-order valence-electron chi connectivity index (χ2n) is 3.75. The molecule has 0 spiro atoms. The number of hydrogen-bond acceptors (Lipinski definition) is 2. The maximum absolute atomic E-state index is 10.1. The number of nitrogens with zero attached hydrogens (tertiary/aromatic N) is 1. The van der Waals surface area contributed by atoms with Gasteiger partial charge in [-0.05, 0) is 29.3 Å². The zero-order valence-corrected chi connectivity index (χ0v) is 11.3. The third kappa shape index (κ3) is 3.28. The lowest BCUT2D eigenvalue weighted by Crippen LogP contribution is -2.02. The molecule has 0 fully saturated rings. The van der Waals surface area contributed by atoms with Crippen molar-refractivity contribution in [3.8, 4) is 0 Å². The van der Waals surface area contributed by atoms with Crippen LogP contribution in [-0.2, 0) is 6.42 Å². The fourth-order valence-corrected chi connectivity index (χ4v) is 2.42. The zero-order valence-electron chi connectivity index (χ0n) is 8.98. The Bertz CT molecular complexity index is 504. The minimum atomic E-state index is -0.611. The van der Waals surface area contributed by atoms with Gasteiger partial charge in [-0.1, -0.05) is 39.7 Å². The van der Waals surface area contributed by atoms with E-state index in [2.05, 4.69) is 20.9 Å². The first kappa shape index (κ1) is 12.6. The number of halogens is 2. The lowest BCUT2D eigenvalue weighted by atomic mass is 10.0. The van der Waals surface area contributed by atoms with Crippen molar-refractivity contribution in [1.82, 2.24) is 4.98 Å². The monoisotopic (exact) mass is 311 g/mol. The van der Waals surface area contributed by atoms with Crippen molar-refractivity contribution in [2.75, 3.05) is 0 Å². The minimum absolute atomic E-state index is 0.509. The van der Waals surface area contributed by atoms with Crippen LogP contribution in [0.25, 0.3) is 0 Å². The molecule has 1 unspecified atom stereocenters. The van der Waals surface area contributed by atoms with Crippen LogP contribution < -0.4 is 0 Å². The molecule has 0 saturated carbocycles. The van der Waals surface area contributed by atoms with E-state index in [1.807, 2.05) is 24.3 Å². The number of pyridine rings is 1. The molecule has 0 bridgehead atoms. The highest BCUT2D eigenvalue weighted by Gasteiger charge is 2.12. The molecule has 0 amide bonds. The van der Waals surface area contributed by atoms with Crippen molar-refractivity contribution in [3.05, 3.63) is 63.3 Å². The fourth-order valence-electron chi connectivity index (χ4n) is 1.62. The Morgan fingerprint density at radius 1 is 1.35 bits per heavy atom. The normalized spacial score (nSPS) is 12.4. The van der Waals surface area contributed by atoms with Crippen molar-refractivity contribution >= 4 is 27.5 Å². The number of rotatable bonds is 3. The van der Waals surface area contributed by atoms with E-state index in [4.69, 9.17) is 11.6 Å². The molecular weight excluding hydrogens is 302 g/mol. The molecule has 1 N–H and O–H groups in total. The first-order valence-electron chi connectivity index (χ1n) is 5.19. The van der Waals surface area contributed by atoms with Gasteiger partial charge in [0.15, 0.2) is 0 Å². The summed E-state index contributed by atoms with van der Waals surface area (Å²) < 4.78 is 0.903. The number of hydrogen-bond donors (Lipinski definition) is 1. The van der Waals surface area contributed by atoms with E-state index in [9.17, 15) is 5.11 Å². The molecule has 0 aliphatic carbocycles. The van der Waals surface area contributed by atoms with Crippen LogP contribution in [0.15, 0.2) is 47.2 Å². The molecule has 1 heterocycles. The SMILES string of the molecule is OC(Cc1cccnc1)c1ccc(Br)cc1Cl. The third-order valence-corrected chi connectivity index (χ3v) is 3.29. The van der Waals surface area contributed by atoms with Crippen LogP contribution in [0.2, 0.25) is 5.02 Å². The summed E-state index contributed by atoms with van der Waals surface area (Å²) in [6, 6.07) is 9.26.